The van der Waals surface area contributed by atoms with E-state index in [1.165, 1.54) is 24.1 Å². The van der Waals surface area contributed by atoms with Crippen molar-refractivity contribution in [2.24, 2.45) is 22.7 Å². The van der Waals surface area contributed by atoms with Gasteiger partial charge in [0, 0.05) is 17.6 Å². The summed E-state index contributed by atoms with van der Waals surface area (Å²) in [4.78, 5) is 0. The largest absolute Gasteiger partial charge is 0.381 e. The summed E-state index contributed by atoms with van der Waals surface area (Å²) in [6.07, 6.45) is 4.99. The number of allylic oxidation sites excluding steroid dienone is 1. The van der Waals surface area contributed by atoms with Gasteiger partial charge in [-0.1, -0.05) is 71.4 Å². The zero-order valence-corrected chi connectivity index (χ0v) is 15.0. The number of hydrogen-bond donors (Lipinski definition) is 1. The van der Waals surface area contributed by atoms with Crippen molar-refractivity contribution in [2.45, 2.75) is 60.4 Å². The van der Waals surface area contributed by atoms with Crippen molar-refractivity contribution < 1.29 is 0 Å². The first kappa shape index (κ1) is 15.6. The summed E-state index contributed by atoms with van der Waals surface area (Å²) in [5.74, 6) is 1.32. The summed E-state index contributed by atoms with van der Waals surface area (Å²) >= 11 is 0. The molecule has 1 aromatic rings. The van der Waals surface area contributed by atoms with Crippen LogP contribution in [0.5, 0.6) is 0 Å². The molecule has 120 valence electrons. The van der Waals surface area contributed by atoms with Gasteiger partial charge in [-0.3, -0.25) is 0 Å². The highest BCUT2D eigenvalue weighted by molar-refractivity contribution is 5.55. The van der Waals surface area contributed by atoms with E-state index in [0.717, 1.165) is 5.92 Å². The molecule has 3 rings (SSSR count). The first-order valence-electron chi connectivity index (χ1n) is 8.73. The van der Waals surface area contributed by atoms with Crippen LogP contribution >= 0.6 is 0 Å². The van der Waals surface area contributed by atoms with Crippen LogP contribution in [0.4, 0.5) is 5.69 Å². The van der Waals surface area contributed by atoms with E-state index in [-0.39, 0.29) is 10.8 Å². The maximum absolute atomic E-state index is 3.92. The van der Waals surface area contributed by atoms with Crippen LogP contribution in [-0.4, -0.2) is 6.04 Å². The van der Waals surface area contributed by atoms with Crippen LogP contribution in [0.3, 0.4) is 0 Å². The maximum atomic E-state index is 3.92. The summed E-state index contributed by atoms with van der Waals surface area (Å²) in [5, 5.41) is 3.92. The van der Waals surface area contributed by atoms with Crippen LogP contribution in [0.1, 0.15) is 53.5 Å². The molecule has 22 heavy (non-hydrogen) atoms. The van der Waals surface area contributed by atoms with E-state index < -0.39 is 0 Å². The number of anilines is 1. The highest BCUT2D eigenvalue weighted by atomic mass is 15.0. The first-order chi connectivity index (χ1) is 10.2. The van der Waals surface area contributed by atoms with Crippen molar-refractivity contribution in [3.05, 3.63) is 41.5 Å². The lowest BCUT2D eigenvalue weighted by Crippen LogP contribution is -2.50. The minimum Gasteiger partial charge on any atom is -0.381 e. The SMILES string of the molecule is CC(C)(C)C1=CCC2Cc3ccccc3NC2C1C(C)(C)C. The molecule has 1 heteroatoms. The molecule has 1 nitrogen and oxygen atoms in total. The van der Waals surface area contributed by atoms with Crippen molar-refractivity contribution in [1.29, 1.82) is 0 Å². The van der Waals surface area contributed by atoms with E-state index >= 15 is 0 Å². The van der Waals surface area contributed by atoms with E-state index in [4.69, 9.17) is 0 Å². The molecule has 0 radical (unpaired) electrons. The quantitative estimate of drug-likeness (QED) is 0.608. The van der Waals surface area contributed by atoms with Gasteiger partial charge >= 0.3 is 0 Å². The van der Waals surface area contributed by atoms with Gasteiger partial charge in [0.1, 0.15) is 0 Å². The Hall–Kier alpha value is -1.24. The monoisotopic (exact) mass is 297 g/mol. The minimum absolute atomic E-state index is 0.252. The normalized spacial score (nSPS) is 28.3. The van der Waals surface area contributed by atoms with Crippen LogP contribution in [0.2, 0.25) is 0 Å². The molecule has 1 heterocycles. The minimum atomic E-state index is 0.252. The molecule has 0 amide bonds. The third kappa shape index (κ3) is 2.71. The summed E-state index contributed by atoms with van der Waals surface area (Å²) in [6, 6.07) is 9.42. The zero-order valence-electron chi connectivity index (χ0n) is 15.0. The van der Waals surface area contributed by atoms with E-state index in [2.05, 4.69) is 77.2 Å². The molecular weight excluding hydrogens is 266 g/mol. The zero-order chi connectivity index (χ0) is 16.1. The van der Waals surface area contributed by atoms with Crippen molar-refractivity contribution >= 4 is 5.69 Å². The van der Waals surface area contributed by atoms with Crippen molar-refractivity contribution in [3.8, 4) is 0 Å². The fourth-order valence-corrected chi connectivity index (χ4v) is 4.51. The number of fused-ring (bicyclic) bond motifs is 2. The van der Waals surface area contributed by atoms with Crippen LogP contribution in [0.25, 0.3) is 0 Å². The van der Waals surface area contributed by atoms with Gasteiger partial charge in [0.05, 0.1) is 0 Å². The predicted octanol–water partition coefficient (Wildman–Crippen LogP) is 5.68. The lowest BCUT2D eigenvalue weighted by Gasteiger charge is -2.51. The fourth-order valence-electron chi connectivity index (χ4n) is 4.51. The molecule has 0 fully saturated rings. The Balaban J connectivity index is 2.02. The third-order valence-corrected chi connectivity index (χ3v) is 5.46. The topological polar surface area (TPSA) is 12.0 Å². The van der Waals surface area contributed by atoms with Crippen LogP contribution < -0.4 is 5.32 Å². The van der Waals surface area contributed by atoms with Gasteiger partial charge in [0.15, 0.2) is 0 Å². The van der Waals surface area contributed by atoms with E-state index in [1.807, 2.05) is 0 Å². The summed E-state index contributed by atoms with van der Waals surface area (Å²) in [6.45, 7) is 14.3. The molecule has 2 aliphatic rings. The Bertz CT molecular complexity index is 583. The molecule has 0 saturated heterocycles. The van der Waals surface area contributed by atoms with Crippen LogP contribution in [-0.2, 0) is 6.42 Å². The highest BCUT2D eigenvalue weighted by Crippen LogP contribution is 2.50. The number of para-hydroxylation sites is 1. The fraction of sp³-hybridized carbons (Fsp3) is 0.619. The molecule has 1 N–H and O–H groups in total. The van der Waals surface area contributed by atoms with Crippen molar-refractivity contribution in [3.63, 3.8) is 0 Å². The van der Waals surface area contributed by atoms with E-state index in [9.17, 15) is 0 Å². The molecule has 1 aromatic carbocycles. The van der Waals surface area contributed by atoms with Gasteiger partial charge in [-0.25, -0.2) is 0 Å². The van der Waals surface area contributed by atoms with Gasteiger partial charge in [-0.15, -0.1) is 0 Å². The Kier molecular flexibility index (Phi) is 3.66. The summed E-state index contributed by atoms with van der Waals surface area (Å²) in [5.41, 5.74) is 5.02. The van der Waals surface area contributed by atoms with Gasteiger partial charge in [0.2, 0.25) is 0 Å². The average molecular weight is 297 g/mol. The highest BCUT2D eigenvalue weighted by Gasteiger charge is 2.45. The second kappa shape index (κ2) is 5.15. The van der Waals surface area contributed by atoms with Crippen LogP contribution in [0, 0.1) is 22.7 Å². The first-order valence-corrected chi connectivity index (χ1v) is 8.73. The molecule has 0 saturated carbocycles. The average Bonchev–Trinajstić information content (AvgIpc) is 2.41. The third-order valence-electron chi connectivity index (χ3n) is 5.46. The predicted molar refractivity (Wildman–Crippen MR) is 96.1 cm³/mol. The summed E-state index contributed by atoms with van der Waals surface area (Å²) < 4.78 is 0. The molecule has 3 atom stereocenters. The Morgan fingerprint density at radius 2 is 1.68 bits per heavy atom. The number of benzene rings is 1. The van der Waals surface area contributed by atoms with Gasteiger partial charge in [0.25, 0.3) is 0 Å². The van der Waals surface area contributed by atoms with Crippen LogP contribution in [0.15, 0.2) is 35.9 Å². The number of hydrogen-bond acceptors (Lipinski definition) is 1. The molecule has 0 aromatic heterocycles. The second-order valence-electron chi connectivity index (χ2n) is 9.28. The van der Waals surface area contributed by atoms with Gasteiger partial charge in [-0.2, -0.15) is 0 Å². The molecule has 0 spiro atoms. The van der Waals surface area contributed by atoms with Gasteiger partial charge in [-0.05, 0) is 41.2 Å². The standard InChI is InChI=1S/C21H31N/c1-20(2,3)16-12-11-15-13-14-9-7-8-10-17(14)22-19(15)18(16)21(4,5)6/h7-10,12,15,18-19,22H,11,13H2,1-6H3. The molecule has 1 aliphatic carbocycles. The lowest BCUT2D eigenvalue weighted by atomic mass is 9.58. The molecule has 0 bridgehead atoms. The van der Waals surface area contributed by atoms with Crippen molar-refractivity contribution in [2.75, 3.05) is 5.32 Å². The Morgan fingerprint density at radius 1 is 1.00 bits per heavy atom. The number of rotatable bonds is 0. The molecule has 1 aliphatic heterocycles. The van der Waals surface area contributed by atoms with Gasteiger partial charge < -0.3 is 5.32 Å². The molecular formula is C21H31N. The second-order valence-corrected chi connectivity index (χ2v) is 9.28. The smallest absolute Gasteiger partial charge is 0.0375 e. The van der Waals surface area contributed by atoms with E-state index in [0.29, 0.717) is 12.0 Å². The Morgan fingerprint density at radius 3 is 2.32 bits per heavy atom. The Labute approximate surface area is 136 Å². The van der Waals surface area contributed by atoms with E-state index in [1.54, 1.807) is 5.57 Å². The number of nitrogens with one attached hydrogen (secondary N) is 1. The maximum Gasteiger partial charge on any atom is 0.0375 e. The van der Waals surface area contributed by atoms with Crippen molar-refractivity contribution in [1.82, 2.24) is 0 Å². The molecule has 3 unspecified atom stereocenters. The lowest BCUT2D eigenvalue weighted by molar-refractivity contribution is 0.165. The summed E-state index contributed by atoms with van der Waals surface area (Å²) in [7, 11) is 0.